The van der Waals surface area contributed by atoms with Gasteiger partial charge in [-0.1, -0.05) is 56.3 Å². The van der Waals surface area contributed by atoms with E-state index in [0.717, 1.165) is 22.9 Å². The second kappa shape index (κ2) is 7.66. The minimum absolute atomic E-state index is 0.0536. The summed E-state index contributed by atoms with van der Waals surface area (Å²) < 4.78 is 0. The normalized spacial score (nSPS) is 19.5. The number of carbonyl (C=O) groups is 2. The lowest BCUT2D eigenvalue weighted by Gasteiger charge is -2.22. The summed E-state index contributed by atoms with van der Waals surface area (Å²) in [6.45, 7) is 4.39. The molecule has 2 N–H and O–H groups in total. The van der Waals surface area contributed by atoms with Crippen LogP contribution in [-0.4, -0.2) is 34.6 Å². The molecule has 0 radical (unpaired) electrons. The zero-order valence-corrected chi connectivity index (χ0v) is 16.6. The quantitative estimate of drug-likeness (QED) is 0.627. The summed E-state index contributed by atoms with van der Waals surface area (Å²) in [5.41, 5.74) is 4.29. The average molecular weight is 388 g/mol. The molecule has 5 nitrogen and oxygen atoms in total. The highest BCUT2D eigenvalue weighted by atomic mass is 16.4. The fourth-order valence-electron chi connectivity index (χ4n) is 4.22. The average Bonchev–Trinajstić information content (AvgIpc) is 3.00. The molecule has 3 aromatic rings. The maximum atomic E-state index is 13.3. The smallest absolute Gasteiger partial charge is 0.318 e. The van der Waals surface area contributed by atoms with E-state index >= 15 is 0 Å². The monoisotopic (exact) mass is 388 g/mol. The molecule has 0 fully saturated rings. The number of ketones is 1. The van der Waals surface area contributed by atoms with Crippen LogP contribution in [0, 0.1) is 5.92 Å². The zero-order valence-electron chi connectivity index (χ0n) is 16.6. The Bertz CT molecular complexity index is 1100. The Balaban J connectivity index is 1.79. The molecule has 148 valence electrons. The van der Waals surface area contributed by atoms with E-state index in [2.05, 4.69) is 16.9 Å². The SMILES string of the molecule is CCc1ccc(C(=O)C(C)C2CN=CC(C(=O)O)c3[nH]c4ccccc4c32)cc1. The van der Waals surface area contributed by atoms with E-state index in [1.165, 1.54) is 11.8 Å². The van der Waals surface area contributed by atoms with Gasteiger partial charge < -0.3 is 10.1 Å². The Morgan fingerprint density at radius 3 is 2.59 bits per heavy atom. The van der Waals surface area contributed by atoms with Crippen molar-refractivity contribution in [3.8, 4) is 0 Å². The van der Waals surface area contributed by atoms with Crippen LogP contribution in [0.1, 0.15) is 52.9 Å². The number of carboxylic acids is 1. The van der Waals surface area contributed by atoms with E-state index in [1.54, 1.807) is 0 Å². The summed E-state index contributed by atoms with van der Waals surface area (Å²) in [7, 11) is 0. The van der Waals surface area contributed by atoms with Crippen molar-refractivity contribution >= 4 is 28.9 Å². The summed E-state index contributed by atoms with van der Waals surface area (Å²) in [6, 6.07) is 15.5. The van der Waals surface area contributed by atoms with Gasteiger partial charge in [-0.2, -0.15) is 0 Å². The molecule has 2 heterocycles. The maximum absolute atomic E-state index is 13.3. The Labute approximate surface area is 169 Å². The lowest BCUT2D eigenvalue weighted by molar-refractivity contribution is -0.137. The summed E-state index contributed by atoms with van der Waals surface area (Å²) in [6.07, 6.45) is 2.42. The molecule has 0 amide bonds. The number of carboxylic acid groups (broad SMARTS) is 1. The van der Waals surface area contributed by atoms with Crippen molar-refractivity contribution in [3.05, 3.63) is 70.9 Å². The van der Waals surface area contributed by atoms with Crippen LogP contribution in [0.4, 0.5) is 0 Å². The number of fused-ring (bicyclic) bond motifs is 3. The van der Waals surface area contributed by atoms with Crippen LogP contribution in [0.3, 0.4) is 0 Å². The van der Waals surface area contributed by atoms with E-state index < -0.39 is 11.9 Å². The third-order valence-corrected chi connectivity index (χ3v) is 5.94. The minimum atomic E-state index is -0.948. The summed E-state index contributed by atoms with van der Waals surface area (Å²) in [4.78, 5) is 32.8. The maximum Gasteiger partial charge on any atom is 0.318 e. The molecular weight excluding hydrogens is 364 g/mol. The van der Waals surface area contributed by atoms with Gasteiger partial charge in [0, 0.05) is 46.8 Å². The van der Waals surface area contributed by atoms with Crippen molar-refractivity contribution in [2.45, 2.75) is 32.1 Å². The summed E-state index contributed by atoms with van der Waals surface area (Å²) in [5, 5.41) is 10.7. The summed E-state index contributed by atoms with van der Waals surface area (Å²) in [5.74, 6) is -2.26. The highest BCUT2D eigenvalue weighted by Crippen LogP contribution is 2.39. The second-order valence-electron chi connectivity index (χ2n) is 7.64. The topological polar surface area (TPSA) is 82.5 Å². The molecule has 3 atom stereocenters. The Morgan fingerprint density at radius 2 is 1.90 bits per heavy atom. The zero-order chi connectivity index (χ0) is 20.5. The standard InChI is InChI=1S/C24H24N2O3/c1-3-15-8-10-16(11-9-15)23(27)14(2)18-12-25-13-19(24(28)29)22-21(18)17-6-4-5-7-20(17)26-22/h4-11,13-14,18-19,26H,3,12H2,1-2H3,(H,28,29). The number of para-hydroxylation sites is 1. The third kappa shape index (κ3) is 3.37. The predicted octanol–water partition coefficient (Wildman–Crippen LogP) is 4.59. The number of aromatic amines is 1. The van der Waals surface area contributed by atoms with Gasteiger partial charge in [-0.05, 0) is 23.6 Å². The molecule has 0 aliphatic carbocycles. The van der Waals surface area contributed by atoms with E-state index in [0.29, 0.717) is 17.8 Å². The van der Waals surface area contributed by atoms with Crippen molar-refractivity contribution < 1.29 is 14.7 Å². The Kier molecular flexibility index (Phi) is 5.05. The number of carbonyl (C=O) groups excluding carboxylic acids is 1. The van der Waals surface area contributed by atoms with E-state index in [-0.39, 0.29) is 17.6 Å². The van der Waals surface area contributed by atoms with Gasteiger partial charge in [-0.15, -0.1) is 0 Å². The number of aromatic nitrogens is 1. The number of nitrogens with zero attached hydrogens (tertiary/aromatic N) is 1. The van der Waals surface area contributed by atoms with Crippen LogP contribution in [0.15, 0.2) is 53.5 Å². The van der Waals surface area contributed by atoms with Crippen LogP contribution in [0.2, 0.25) is 0 Å². The van der Waals surface area contributed by atoms with E-state index in [4.69, 9.17) is 0 Å². The Hall–Kier alpha value is -3.21. The molecule has 1 aromatic heterocycles. The number of hydrogen-bond donors (Lipinski definition) is 2. The van der Waals surface area contributed by atoms with Gasteiger partial charge in [0.05, 0.1) is 0 Å². The molecule has 3 unspecified atom stereocenters. The van der Waals surface area contributed by atoms with Crippen molar-refractivity contribution in [2.75, 3.05) is 6.54 Å². The Morgan fingerprint density at radius 1 is 1.17 bits per heavy atom. The number of aliphatic imine (C=N–C) groups is 1. The van der Waals surface area contributed by atoms with Crippen LogP contribution in [0.25, 0.3) is 10.9 Å². The van der Waals surface area contributed by atoms with Crippen molar-refractivity contribution in [2.24, 2.45) is 10.9 Å². The number of aliphatic carboxylic acids is 1. The van der Waals surface area contributed by atoms with E-state index in [9.17, 15) is 14.7 Å². The fraction of sp³-hybridized carbons (Fsp3) is 0.292. The molecule has 5 heteroatoms. The lowest BCUT2D eigenvalue weighted by atomic mass is 9.80. The molecule has 0 bridgehead atoms. The number of aryl methyl sites for hydroxylation is 1. The first-order valence-electron chi connectivity index (χ1n) is 9.97. The first-order chi connectivity index (χ1) is 14.0. The highest BCUT2D eigenvalue weighted by Gasteiger charge is 2.35. The number of hydrogen-bond acceptors (Lipinski definition) is 3. The molecule has 1 aliphatic heterocycles. The lowest BCUT2D eigenvalue weighted by Crippen LogP contribution is -2.23. The molecule has 29 heavy (non-hydrogen) atoms. The number of Topliss-reactive ketones (excluding diaryl/α,β-unsaturated/α-hetero) is 1. The highest BCUT2D eigenvalue weighted by molar-refractivity contribution is 6.01. The number of benzene rings is 2. The van der Waals surface area contributed by atoms with Gasteiger partial charge in [0.1, 0.15) is 5.92 Å². The van der Waals surface area contributed by atoms with Gasteiger partial charge in [-0.25, -0.2) is 0 Å². The summed E-state index contributed by atoms with van der Waals surface area (Å²) >= 11 is 0. The first-order valence-corrected chi connectivity index (χ1v) is 9.97. The van der Waals surface area contributed by atoms with Crippen molar-refractivity contribution in [1.29, 1.82) is 0 Å². The van der Waals surface area contributed by atoms with Crippen LogP contribution in [0.5, 0.6) is 0 Å². The largest absolute Gasteiger partial charge is 0.480 e. The van der Waals surface area contributed by atoms with Gasteiger partial charge >= 0.3 is 5.97 Å². The second-order valence-corrected chi connectivity index (χ2v) is 7.64. The van der Waals surface area contributed by atoms with E-state index in [1.807, 2.05) is 55.5 Å². The van der Waals surface area contributed by atoms with Crippen molar-refractivity contribution in [3.63, 3.8) is 0 Å². The molecule has 0 saturated heterocycles. The molecule has 2 aromatic carbocycles. The number of nitrogens with one attached hydrogen (secondary N) is 1. The first kappa shape index (κ1) is 19.1. The molecular formula is C24H24N2O3. The third-order valence-electron chi connectivity index (χ3n) is 5.94. The van der Waals surface area contributed by atoms with Gasteiger partial charge in [-0.3, -0.25) is 14.6 Å². The number of rotatable bonds is 5. The molecule has 0 spiro atoms. The molecule has 4 rings (SSSR count). The molecule has 1 aliphatic rings. The fourth-order valence-corrected chi connectivity index (χ4v) is 4.22. The van der Waals surface area contributed by atoms with Gasteiger partial charge in [0.25, 0.3) is 0 Å². The minimum Gasteiger partial charge on any atom is -0.480 e. The van der Waals surface area contributed by atoms with Gasteiger partial charge in [0.2, 0.25) is 0 Å². The predicted molar refractivity (Wildman–Crippen MR) is 114 cm³/mol. The molecule has 0 saturated carbocycles. The van der Waals surface area contributed by atoms with Crippen LogP contribution < -0.4 is 0 Å². The van der Waals surface area contributed by atoms with Crippen LogP contribution in [-0.2, 0) is 11.2 Å². The van der Waals surface area contributed by atoms with Crippen molar-refractivity contribution in [1.82, 2.24) is 4.98 Å². The van der Waals surface area contributed by atoms with Gasteiger partial charge in [0.15, 0.2) is 5.78 Å². The number of H-pyrrole nitrogens is 1. The van der Waals surface area contributed by atoms with Crippen LogP contribution >= 0.6 is 0 Å².